The number of aromatic nitrogens is 1. The summed E-state index contributed by atoms with van der Waals surface area (Å²) in [4.78, 5) is 2.67. The molecular weight excluding hydrogens is 749 g/mol. The van der Waals surface area contributed by atoms with Crippen molar-refractivity contribution in [2.75, 3.05) is 4.90 Å². The van der Waals surface area contributed by atoms with Crippen LogP contribution in [0.3, 0.4) is 0 Å². The van der Waals surface area contributed by atoms with Crippen LogP contribution in [-0.4, -0.2) is 10.6 Å². The molecule has 1 heterocycles. The molecule has 11 rings (SSSR count). The van der Waals surface area contributed by atoms with Crippen molar-refractivity contribution in [3.63, 3.8) is 0 Å². The molecule has 5 aromatic carbocycles. The van der Waals surface area contributed by atoms with Gasteiger partial charge < -0.3 is 9.47 Å². The first-order chi connectivity index (χ1) is 30.2. The summed E-state index contributed by atoms with van der Waals surface area (Å²) < 4.78 is 2.58. The molecule has 5 aliphatic carbocycles. The standard InChI is InChI=1S/C60H54N2/c1-7-21-43-45-34-32-41(37-53(45)59(3,4)50(43)8-2)61(54-30-14-10-13-24-42(54)39-22-11-9-12-23-39)56-38-57-58(47-27-16-15-26-46(47)56)48-28-18-20-31-55(48)62(57)40-33-35-52-49(36-40)44-25-17-19-29-51(44)60(52,5)6/h2,7,9,11,14-17,19,21-22,24-38,54H,10,12-13,18,20,23H2,1,3-6H3/b21-7-. The molecule has 5 aliphatic rings. The zero-order chi connectivity index (χ0) is 42.3. The summed E-state index contributed by atoms with van der Waals surface area (Å²) >= 11 is 0. The molecule has 304 valence electrons. The van der Waals surface area contributed by atoms with Crippen molar-refractivity contribution in [1.82, 2.24) is 4.57 Å². The molecule has 6 aromatic rings. The average Bonchev–Trinajstić information content (AvgIpc) is 3.71. The number of hydrogen-bond acceptors (Lipinski definition) is 1. The van der Waals surface area contributed by atoms with Gasteiger partial charge in [0.1, 0.15) is 0 Å². The predicted octanol–water partition coefficient (Wildman–Crippen LogP) is 13.8. The number of anilines is 2. The van der Waals surface area contributed by atoms with E-state index in [1.165, 1.54) is 93.8 Å². The van der Waals surface area contributed by atoms with Crippen molar-refractivity contribution in [3.05, 3.63) is 189 Å². The average molecular weight is 803 g/mol. The van der Waals surface area contributed by atoms with E-state index in [0.717, 1.165) is 49.7 Å². The van der Waals surface area contributed by atoms with Crippen molar-refractivity contribution < 1.29 is 0 Å². The minimum atomic E-state index is -0.318. The first-order valence-corrected chi connectivity index (χ1v) is 22.7. The van der Waals surface area contributed by atoms with Gasteiger partial charge in [-0.3, -0.25) is 0 Å². The molecule has 0 saturated heterocycles. The van der Waals surface area contributed by atoms with E-state index in [4.69, 9.17) is 6.42 Å². The number of benzene rings is 5. The second kappa shape index (κ2) is 14.5. The lowest BCUT2D eigenvalue weighted by molar-refractivity contribution is 0.658. The van der Waals surface area contributed by atoms with Crippen molar-refractivity contribution >= 4 is 50.8 Å². The molecule has 1 atom stereocenters. The molecule has 1 aromatic heterocycles. The van der Waals surface area contributed by atoms with Gasteiger partial charge >= 0.3 is 0 Å². The van der Waals surface area contributed by atoms with Crippen LogP contribution in [0, 0.1) is 12.3 Å². The highest BCUT2D eigenvalue weighted by Gasteiger charge is 2.38. The number of fused-ring (bicyclic) bond motifs is 9. The van der Waals surface area contributed by atoms with Crippen LogP contribution in [0.1, 0.15) is 95.4 Å². The van der Waals surface area contributed by atoms with Crippen LogP contribution >= 0.6 is 0 Å². The molecule has 1 unspecified atom stereocenters. The van der Waals surface area contributed by atoms with E-state index in [2.05, 4.69) is 202 Å². The van der Waals surface area contributed by atoms with E-state index < -0.39 is 0 Å². The summed E-state index contributed by atoms with van der Waals surface area (Å²) in [6.07, 6.45) is 36.2. The minimum Gasteiger partial charge on any atom is -0.330 e. The van der Waals surface area contributed by atoms with Gasteiger partial charge in [-0.2, -0.15) is 0 Å². The van der Waals surface area contributed by atoms with Gasteiger partial charge in [0.05, 0.1) is 17.2 Å². The fraction of sp³-hybridized carbons (Fsp3) is 0.233. The third-order valence-corrected chi connectivity index (χ3v) is 14.6. The lowest BCUT2D eigenvalue weighted by Crippen LogP contribution is -2.32. The Morgan fingerprint density at radius 2 is 1.52 bits per heavy atom. The molecule has 0 saturated carbocycles. The molecule has 0 fully saturated rings. The summed E-state index contributed by atoms with van der Waals surface area (Å²) in [5, 5.41) is 6.52. The van der Waals surface area contributed by atoms with Crippen LogP contribution in [0.25, 0.3) is 56.2 Å². The molecule has 2 nitrogen and oxygen atoms in total. The van der Waals surface area contributed by atoms with Gasteiger partial charge in [0.15, 0.2) is 0 Å². The molecule has 62 heavy (non-hydrogen) atoms. The maximum atomic E-state index is 6.33. The second-order valence-corrected chi connectivity index (χ2v) is 18.8. The summed E-state index contributed by atoms with van der Waals surface area (Å²) in [6, 6.07) is 35.1. The van der Waals surface area contributed by atoms with Crippen LogP contribution in [0.2, 0.25) is 0 Å². The maximum Gasteiger partial charge on any atom is 0.0775 e. The van der Waals surface area contributed by atoms with Crippen LogP contribution in [-0.2, 0) is 10.8 Å². The lowest BCUT2D eigenvalue weighted by Gasteiger charge is -2.36. The molecular formula is C60H54N2. The van der Waals surface area contributed by atoms with Crippen LogP contribution in [0.5, 0.6) is 0 Å². The quantitative estimate of drug-likeness (QED) is 0.120. The molecule has 0 N–H and O–H groups in total. The Bertz CT molecular complexity index is 3260. The monoisotopic (exact) mass is 802 g/mol. The summed E-state index contributed by atoms with van der Waals surface area (Å²) in [7, 11) is 0. The van der Waals surface area contributed by atoms with Crippen LogP contribution in [0.4, 0.5) is 11.4 Å². The molecule has 2 heteroatoms. The van der Waals surface area contributed by atoms with Gasteiger partial charge in [0.2, 0.25) is 0 Å². The smallest absolute Gasteiger partial charge is 0.0775 e. The number of nitrogens with zero attached hydrogens (tertiary/aromatic N) is 2. The Kier molecular flexibility index (Phi) is 8.99. The molecule has 0 radical (unpaired) electrons. The predicted molar refractivity (Wildman–Crippen MR) is 265 cm³/mol. The van der Waals surface area contributed by atoms with Crippen molar-refractivity contribution in [1.29, 1.82) is 0 Å². The fourth-order valence-corrected chi connectivity index (χ4v) is 11.6. The van der Waals surface area contributed by atoms with E-state index in [0.29, 0.717) is 0 Å². The number of terminal acetylenes is 1. The van der Waals surface area contributed by atoms with Gasteiger partial charge in [0, 0.05) is 49.1 Å². The van der Waals surface area contributed by atoms with Crippen LogP contribution < -0.4 is 15.5 Å². The Morgan fingerprint density at radius 3 is 2.34 bits per heavy atom. The molecule has 0 spiro atoms. The SMILES string of the molecule is C#CC1=C(/C=C\C)c2ccc(N(c3cc4c(c5c(n4-c4ccc6c(c4)-c4ccccc4C6(C)C)=CCCC=5)c4ccccc34)C3C=CCCC=C3C3=CC=CCC3)cc2C1(C)C. The zero-order valence-electron chi connectivity index (χ0n) is 36.7. The highest BCUT2D eigenvalue weighted by molar-refractivity contribution is 6.14. The van der Waals surface area contributed by atoms with E-state index in [-0.39, 0.29) is 16.9 Å². The molecule has 0 amide bonds. The fourth-order valence-electron chi connectivity index (χ4n) is 11.6. The van der Waals surface area contributed by atoms with Crippen molar-refractivity contribution in [3.8, 4) is 29.2 Å². The van der Waals surface area contributed by atoms with Crippen LogP contribution in [0.15, 0.2) is 156 Å². The Hall–Kier alpha value is -6.56. The molecule has 0 bridgehead atoms. The highest BCUT2D eigenvalue weighted by atomic mass is 15.2. The molecule has 0 aliphatic heterocycles. The van der Waals surface area contributed by atoms with Gasteiger partial charge in [-0.1, -0.05) is 155 Å². The summed E-state index contributed by atoms with van der Waals surface area (Å²) in [5.74, 6) is 3.13. The van der Waals surface area contributed by atoms with Crippen molar-refractivity contribution in [2.45, 2.75) is 90.0 Å². The van der Waals surface area contributed by atoms with Crippen molar-refractivity contribution in [2.24, 2.45) is 0 Å². The van der Waals surface area contributed by atoms with Gasteiger partial charge in [-0.05, 0) is 131 Å². The van der Waals surface area contributed by atoms with E-state index >= 15 is 0 Å². The zero-order valence-corrected chi connectivity index (χ0v) is 36.7. The van der Waals surface area contributed by atoms with Gasteiger partial charge in [-0.25, -0.2) is 0 Å². The second-order valence-electron chi connectivity index (χ2n) is 18.8. The largest absolute Gasteiger partial charge is 0.330 e. The topological polar surface area (TPSA) is 8.17 Å². The Labute approximate surface area is 367 Å². The van der Waals surface area contributed by atoms with E-state index in [9.17, 15) is 0 Å². The third-order valence-electron chi connectivity index (χ3n) is 14.6. The number of hydrogen-bond donors (Lipinski definition) is 0. The number of allylic oxidation sites excluding steroid dienone is 9. The summed E-state index contributed by atoms with van der Waals surface area (Å²) in [6.45, 7) is 11.4. The first kappa shape index (κ1) is 38.4. The first-order valence-electron chi connectivity index (χ1n) is 22.7. The normalized spacial score (nSPS) is 19.3. The number of rotatable bonds is 6. The summed E-state index contributed by atoms with van der Waals surface area (Å²) in [5.41, 5.74) is 17.5. The Morgan fingerprint density at radius 1 is 0.726 bits per heavy atom. The lowest BCUT2D eigenvalue weighted by atomic mass is 9.81. The highest BCUT2D eigenvalue weighted by Crippen LogP contribution is 2.51. The van der Waals surface area contributed by atoms with Gasteiger partial charge in [0.25, 0.3) is 0 Å². The van der Waals surface area contributed by atoms with E-state index in [1.54, 1.807) is 0 Å². The minimum absolute atomic E-state index is 0.0244. The van der Waals surface area contributed by atoms with Gasteiger partial charge in [-0.15, -0.1) is 6.42 Å². The van der Waals surface area contributed by atoms with E-state index in [1.807, 2.05) is 0 Å². The Balaban J connectivity index is 1.22. The third kappa shape index (κ3) is 5.64. The maximum absolute atomic E-state index is 6.33.